The van der Waals surface area contributed by atoms with Gasteiger partial charge in [0.05, 0.1) is 6.42 Å². The minimum Gasteiger partial charge on any atom is -0.508 e. The van der Waals surface area contributed by atoms with Gasteiger partial charge in [0.15, 0.2) is 0 Å². The molecule has 4 amide bonds. The first kappa shape index (κ1) is 36.7. The van der Waals surface area contributed by atoms with Crippen molar-refractivity contribution in [2.75, 3.05) is 0 Å². The van der Waals surface area contributed by atoms with E-state index >= 15 is 0 Å². The van der Waals surface area contributed by atoms with Gasteiger partial charge in [-0.05, 0) is 56.7 Å². The van der Waals surface area contributed by atoms with Crippen LogP contribution in [-0.2, 0) is 35.1 Å². The molecular formula is C29H44N4O10. The Balaban J connectivity index is 3.24. The van der Waals surface area contributed by atoms with Crippen molar-refractivity contribution in [1.29, 1.82) is 0 Å². The van der Waals surface area contributed by atoms with Gasteiger partial charge in [-0.15, -0.1) is 0 Å². The molecule has 0 aliphatic rings. The average Bonchev–Trinajstić information content (AvgIpc) is 2.85. The molecule has 1 aromatic rings. The molecule has 0 aliphatic heterocycles. The molecule has 14 heteroatoms. The van der Waals surface area contributed by atoms with Crippen molar-refractivity contribution in [2.24, 2.45) is 11.8 Å². The summed E-state index contributed by atoms with van der Waals surface area (Å²) < 4.78 is 5.28. The van der Waals surface area contributed by atoms with Gasteiger partial charge in [0.2, 0.25) is 17.7 Å². The normalized spacial score (nSPS) is 14.2. The summed E-state index contributed by atoms with van der Waals surface area (Å²) >= 11 is 0. The van der Waals surface area contributed by atoms with Crippen molar-refractivity contribution in [3.05, 3.63) is 29.8 Å². The van der Waals surface area contributed by atoms with E-state index in [0.29, 0.717) is 5.56 Å². The van der Waals surface area contributed by atoms with Crippen LogP contribution in [0.15, 0.2) is 24.3 Å². The van der Waals surface area contributed by atoms with E-state index in [2.05, 4.69) is 21.3 Å². The van der Waals surface area contributed by atoms with Crippen molar-refractivity contribution in [2.45, 2.75) is 97.5 Å². The topological polar surface area (TPSA) is 220 Å². The highest BCUT2D eigenvalue weighted by Crippen LogP contribution is 2.14. The molecule has 0 fully saturated rings. The largest absolute Gasteiger partial charge is 0.508 e. The number of amides is 4. The number of aromatic hydroxyl groups is 1. The van der Waals surface area contributed by atoms with E-state index in [0.717, 1.165) is 0 Å². The third kappa shape index (κ3) is 13.9. The Morgan fingerprint density at radius 1 is 0.767 bits per heavy atom. The van der Waals surface area contributed by atoms with Crippen LogP contribution < -0.4 is 21.3 Å². The molecule has 0 saturated carbocycles. The molecule has 0 heterocycles. The third-order valence-electron chi connectivity index (χ3n) is 5.97. The Kier molecular flexibility index (Phi) is 13.9. The lowest BCUT2D eigenvalue weighted by molar-refractivity contribution is -0.144. The summed E-state index contributed by atoms with van der Waals surface area (Å²) in [5, 5.41) is 38.0. The fourth-order valence-electron chi connectivity index (χ4n) is 3.93. The number of carbonyl (C=O) groups excluding carboxylic acids is 4. The lowest BCUT2D eigenvalue weighted by atomic mass is 10.00. The highest BCUT2D eigenvalue weighted by Gasteiger charge is 2.34. The van der Waals surface area contributed by atoms with Crippen LogP contribution in [0.5, 0.6) is 5.75 Å². The molecule has 43 heavy (non-hydrogen) atoms. The molecule has 0 saturated heterocycles. The maximum atomic E-state index is 13.5. The molecule has 1 aromatic carbocycles. The first-order valence-electron chi connectivity index (χ1n) is 13.9. The number of hydrogen-bond donors (Lipinski definition) is 7. The van der Waals surface area contributed by atoms with Gasteiger partial charge in [-0.25, -0.2) is 9.59 Å². The lowest BCUT2D eigenvalue weighted by Gasteiger charge is -2.27. The van der Waals surface area contributed by atoms with Gasteiger partial charge >= 0.3 is 18.0 Å². The van der Waals surface area contributed by atoms with Gasteiger partial charge in [-0.2, -0.15) is 0 Å². The zero-order valence-corrected chi connectivity index (χ0v) is 25.6. The first-order chi connectivity index (χ1) is 19.8. The lowest BCUT2D eigenvalue weighted by Crippen LogP contribution is -2.59. The number of phenols is 1. The van der Waals surface area contributed by atoms with Crippen molar-refractivity contribution in [1.82, 2.24) is 21.3 Å². The minimum absolute atomic E-state index is 0.00143. The number of carboxylic acid groups (broad SMARTS) is 2. The molecule has 0 bridgehead atoms. The summed E-state index contributed by atoms with van der Waals surface area (Å²) in [7, 11) is 0. The maximum Gasteiger partial charge on any atom is 0.408 e. The number of aliphatic carboxylic acids is 2. The van der Waals surface area contributed by atoms with Crippen LogP contribution in [0, 0.1) is 11.8 Å². The Labute approximate surface area is 250 Å². The van der Waals surface area contributed by atoms with Crippen LogP contribution in [0.2, 0.25) is 0 Å². The quantitative estimate of drug-likeness (QED) is 0.152. The van der Waals surface area contributed by atoms with E-state index in [-0.39, 0.29) is 24.5 Å². The van der Waals surface area contributed by atoms with Gasteiger partial charge in [0.1, 0.15) is 35.5 Å². The monoisotopic (exact) mass is 608 g/mol. The van der Waals surface area contributed by atoms with Crippen LogP contribution >= 0.6 is 0 Å². The van der Waals surface area contributed by atoms with E-state index in [4.69, 9.17) is 4.74 Å². The van der Waals surface area contributed by atoms with E-state index in [1.165, 1.54) is 12.1 Å². The molecule has 0 unspecified atom stereocenters. The van der Waals surface area contributed by atoms with Gasteiger partial charge in [-0.3, -0.25) is 19.2 Å². The fourth-order valence-corrected chi connectivity index (χ4v) is 3.93. The Bertz CT molecular complexity index is 1140. The van der Waals surface area contributed by atoms with Crippen molar-refractivity contribution in [3.8, 4) is 5.75 Å². The van der Waals surface area contributed by atoms with Crippen LogP contribution in [0.3, 0.4) is 0 Å². The van der Waals surface area contributed by atoms with Crippen LogP contribution in [0.1, 0.15) is 66.9 Å². The second kappa shape index (κ2) is 16.3. The summed E-state index contributed by atoms with van der Waals surface area (Å²) in [4.78, 5) is 75.2. The number of phenolic OH excluding ortho intramolecular Hbond substituents is 1. The SMILES string of the molecule is CC(C)C[C@H](NC(=O)[C@H](Cc1ccc(O)cc1)NC(=O)OC(C)(C)C)C(=O)N[C@@H](CC(=O)O)C(=O)N[C@H](C(=O)O)C(C)C. The van der Waals surface area contributed by atoms with E-state index in [9.17, 15) is 44.1 Å². The zero-order chi connectivity index (χ0) is 33.1. The van der Waals surface area contributed by atoms with Crippen LogP contribution in [-0.4, -0.2) is 80.8 Å². The second-order valence-corrected chi connectivity index (χ2v) is 12.0. The van der Waals surface area contributed by atoms with Crippen molar-refractivity contribution < 1.29 is 48.8 Å². The minimum atomic E-state index is -1.63. The summed E-state index contributed by atoms with van der Waals surface area (Å²) in [6.07, 6.45) is -1.67. The van der Waals surface area contributed by atoms with Gasteiger partial charge in [0.25, 0.3) is 0 Å². The molecule has 240 valence electrons. The first-order valence-corrected chi connectivity index (χ1v) is 13.9. The molecule has 7 N–H and O–H groups in total. The molecule has 0 aromatic heterocycles. The highest BCUT2D eigenvalue weighted by molar-refractivity contribution is 5.96. The summed E-state index contributed by atoms with van der Waals surface area (Å²) in [5.41, 5.74) is -0.284. The number of ether oxygens (including phenoxy) is 1. The molecule has 4 atom stereocenters. The third-order valence-corrected chi connectivity index (χ3v) is 5.97. The number of nitrogens with one attached hydrogen (secondary N) is 4. The predicted molar refractivity (Wildman–Crippen MR) is 155 cm³/mol. The second-order valence-electron chi connectivity index (χ2n) is 12.0. The zero-order valence-electron chi connectivity index (χ0n) is 25.6. The standard InChI is InChI=1S/C29H44N4O10/c1-15(2)12-19(24(37)31-21(14-22(35)36)26(39)33-23(16(3)4)27(40)41)30-25(38)20(32-28(42)43-29(5,6)7)13-17-8-10-18(34)11-9-17/h8-11,15-16,19-21,23,34H,12-14H2,1-7H3,(H,30,38)(H,31,37)(H,32,42)(H,33,39)(H,35,36)(H,40,41)/t19-,20-,21-,23-/m0/s1. The number of benzene rings is 1. The van der Waals surface area contributed by atoms with E-state index in [1.807, 2.05) is 0 Å². The Morgan fingerprint density at radius 2 is 1.28 bits per heavy atom. The fraction of sp³-hybridized carbons (Fsp3) is 0.586. The predicted octanol–water partition coefficient (Wildman–Crippen LogP) is 1.54. The molecular weight excluding hydrogens is 564 g/mol. The summed E-state index contributed by atoms with van der Waals surface area (Å²) in [6, 6.07) is 0.504. The molecule has 14 nitrogen and oxygen atoms in total. The molecule has 0 radical (unpaired) electrons. The summed E-state index contributed by atoms with van der Waals surface area (Å²) in [6.45, 7) is 11.6. The molecule has 0 spiro atoms. The van der Waals surface area contributed by atoms with E-state index < -0.39 is 77.9 Å². The summed E-state index contributed by atoms with van der Waals surface area (Å²) in [5.74, 6) is -6.06. The van der Waals surface area contributed by atoms with Gasteiger partial charge in [-0.1, -0.05) is 39.8 Å². The molecule has 0 aliphatic carbocycles. The number of rotatable bonds is 15. The Morgan fingerprint density at radius 3 is 1.74 bits per heavy atom. The highest BCUT2D eigenvalue weighted by atomic mass is 16.6. The number of carboxylic acids is 2. The number of carbonyl (C=O) groups is 6. The number of alkyl carbamates (subject to hydrolysis) is 1. The smallest absolute Gasteiger partial charge is 0.408 e. The van der Waals surface area contributed by atoms with Crippen molar-refractivity contribution >= 4 is 35.8 Å². The van der Waals surface area contributed by atoms with Crippen LogP contribution in [0.25, 0.3) is 0 Å². The Hall–Kier alpha value is -4.36. The average molecular weight is 609 g/mol. The van der Waals surface area contributed by atoms with Gasteiger partial charge in [0, 0.05) is 6.42 Å². The maximum absolute atomic E-state index is 13.5. The van der Waals surface area contributed by atoms with Crippen LogP contribution in [0.4, 0.5) is 4.79 Å². The van der Waals surface area contributed by atoms with E-state index in [1.54, 1.807) is 60.6 Å². The van der Waals surface area contributed by atoms with Gasteiger partial charge < -0.3 is 41.3 Å². The number of hydrogen-bond acceptors (Lipinski definition) is 8. The van der Waals surface area contributed by atoms with Crippen molar-refractivity contribution in [3.63, 3.8) is 0 Å². The molecule has 1 rings (SSSR count).